The van der Waals surface area contributed by atoms with Crippen molar-refractivity contribution in [3.63, 3.8) is 0 Å². The Morgan fingerprint density at radius 3 is 2.32 bits per heavy atom. The monoisotopic (exact) mass is 270 g/mol. The molecule has 3 heteroatoms. The second-order valence-corrected chi connectivity index (χ2v) is 7.75. The van der Waals surface area contributed by atoms with Crippen molar-refractivity contribution in [3.8, 4) is 0 Å². The molecule has 1 aliphatic carbocycles. The lowest BCUT2D eigenvalue weighted by molar-refractivity contribution is 0.0831. The fraction of sp³-hybridized carbons (Fsp3) is 1.00. The Morgan fingerprint density at radius 2 is 1.84 bits per heavy atom. The molecule has 0 amide bonds. The Bertz CT molecular complexity index is 252. The van der Waals surface area contributed by atoms with Crippen LogP contribution in [0, 0.1) is 11.3 Å². The molecule has 0 radical (unpaired) electrons. The quantitative estimate of drug-likeness (QED) is 0.778. The first kappa shape index (κ1) is 16.9. The fourth-order valence-corrected chi connectivity index (χ4v) is 3.04. The van der Waals surface area contributed by atoms with E-state index in [0.29, 0.717) is 5.41 Å². The van der Waals surface area contributed by atoms with E-state index in [0.717, 1.165) is 25.6 Å². The van der Waals surface area contributed by atoms with Gasteiger partial charge in [-0.05, 0) is 52.0 Å². The van der Waals surface area contributed by atoms with Crippen molar-refractivity contribution in [1.29, 1.82) is 0 Å². The van der Waals surface area contributed by atoms with Crippen LogP contribution in [0.4, 0.5) is 0 Å². The van der Waals surface area contributed by atoms with Crippen LogP contribution in [0.5, 0.6) is 0 Å². The van der Waals surface area contributed by atoms with E-state index in [1.54, 1.807) is 0 Å². The predicted octanol–water partition coefficient (Wildman–Crippen LogP) is 2.50. The lowest BCUT2D eigenvalue weighted by Gasteiger charge is -2.43. The zero-order valence-corrected chi connectivity index (χ0v) is 13.6. The molecule has 1 aliphatic rings. The highest BCUT2D eigenvalue weighted by molar-refractivity contribution is 4.90. The van der Waals surface area contributed by atoms with Crippen LogP contribution < -0.4 is 5.32 Å². The van der Waals surface area contributed by atoms with Crippen LogP contribution in [-0.4, -0.2) is 48.8 Å². The summed E-state index contributed by atoms with van der Waals surface area (Å²) in [5.74, 6) is 0.880. The number of likely N-dealkylation sites (N-methyl/N-ethyl adjacent to an activating group) is 1. The molecule has 114 valence electrons. The largest absolute Gasteiger partial charge is 0.395 e. The molecule has 0 spiro atoms. The van der Waals surface area contributed by atoms with E-state index in [9.17, 15) is 0 Å². The number of hydrogen-bond donors (Lipinski definition) is 2. The molecule has 1 fully saturated rings. The Balaban J connectivity index is 2.62. The van der Waals surface area contributed by atoms with E-state index < -0.39 is 0 Å². The predicted molar refractivity (Wildman–Crippen MR) is 82.4 cm³/mol. The number of nitrogens with zero attached hydrogens (tertiary/aromatic N) is 1. The van der Waals surface area contributed by atoms with Gasteiger partial charge in [0, 0.05) is 25.2 Å². The van der Waals surface area contributed by atoms with Crippen molar-refractivity contribution in [2.75, 3.05) is 33.3 Å². The molecule has 0 aliphatic heterocycles. The van der Waals surface area contributed by atoms with Gasteiger partial charge in [0.25, 0.3) is 0 Å². The van der Waals surface area contributed by atoms with Crippen LogP contribution in [0.2, 0.25) is 0 Å². The number of hydrogen-bond acceptors (Lipinski definition) is 3. The molecule has 19 heavy (non-hydrogen) atoms. The summed E-state index contributed by atoms with van der Waals surface area (Å²) in [5.41, 5.74) is 0.579. The molecule has 0 saturated heterocycles. The van der Waals surface area contributed by atoms with Gasteiger partial charge in [0.1, 0.15) is 0 Å². The Labute approximate surface area is 119 Å². The van der Waals surface area contributed by atoms with Crippen LogP contribution in [0.25, 0.3) is 0 Å². The van der Waals surface area contributed by atoms with E-state index in [1.165, 1.54) is 25.7 Å². The second-order valence-electron chi connectivity index (χ2n) is 7.75. The number of rotatable bonds is 6. The van der Waals surface area contributed by atoms with Crippen LogP contribution >= 0.6 is 0 Å². The van der Waals surface area contributed by atoms with Gasteiger partial charge >= 0.3 is 0 Å². The van der Waals surface area contributed by atoms with Crippen molar-refractivity contribution < 1.29 is 5.11 Å². The van der Waals surface area contributed by atoms with E-state index in [2.05, 4.69) is 45.0 Å². The molecule has 0 unspecified atom stereocenters. The third kappa shape index (κ3) is 6.24. The third-order valence-electron chi connectivity index (χ3n) is 4.42. The Morgan fingerprint density at radius 1 is 1.26 bits per heavy atom. The first-order valence-corrected chi connectivity index (χ1v) is 7.81. The van der Waals surface area contributed by atoms with Crippen LogP contribution in [0.15, 0.2) is 0 Å². The molecule has 0 heterocycles. The van der Waals surface area contributed by atoms with Gasteiger partial charge in [-0.25, -0.2) is 0 Å². The molecule has 0 aromatic rings. The topological polar surface area (TPSA) is 35.5 Å². The van der Waals surface area contributed by atoms with Gasteiger partial charge < -0.3 is 15.3 Å². The Hall–Kier alpha value is -0.120. The molecular formula is C16H34N2O. The minimum atomic E-state index is 0.186. The average molecular weight is 270 g/mol. The molecule has 1 rings (SSSR count). The van der Waals surface area contributed by atoms with E-state index in [-0.39, 0.29) is 12.1 Å². The second kappa shape index (κ2) is 7.05. The summed E-state index contributed by atoms with van der Waals surface area (Å²) in [6.07, 6.45) is 5.32. The fourth-order valence-electron chi connectivity index (χ4n) is 3.04. The van der Waals surface area contributed by atoms with Crippen LogP contribution in [-0.2, 0) is 0 Å². The summed E-state index contributed by atoms with van der Waals surface area (Å²) in [7, 11) is 2.13. The maximum Gasteiger partial charge on any atom is 0.0558 e. The minimum Gasteiger partial charge on any atom is -0.395 e. The summed E-state index contributed by atoms with van der Waals surface area (Å²) in [6.45, 7) is 12.3. The van der Waals surface area contributed by atoms with E-state index in [4.69, 9.17) is 5.11 Å². The third-order valence-corrected chi connectivity index (χ3v) is 4.42. The number of nitrogens with one attached hydrogen (secondary N) is 1. The summed E-state index contributed by atoms with van der Waals surface area (Å²) in [5, 5.41) is 12.8. The maximum atomic E-state index is 9.09. The van der Waals surface area contributed by atoms with Crippen LogP contribution in [0.3, 0.4) is 0 Å². The summed E-state index contributed by atoms with van der Waals surface area (Å²) in [6, 6.07) is 0. The highest BCUT2D eigenvalue weighted by Gasteiger charge is 2.35. The van der Waals surface area contributed by atoms with Crippen molar-refractivity contribution in [3.05, 3.63) is 0 Å². The molecule has 0 bridgehead atoms. The van der Waals surface area contributed by atoms with Gasteiger partial charge in [0.2, 0.25) is 0 Å². The van der Waals surface area contributed by atoms with E-state index in [1.807, 2.05) is 0 Å². The molecule has 2 N–H and O–H groups in total. The molecule has 3 nitrogen and oxygen atoms in total. The van der Waals surface area contributed by atoms with Crippen molar-refractivity contribution >= 4 is 0 Å². The Kier molecular flexibility index (Phi) is 6.28. The highest BCUT2D eigenvalue weighted by Crippen LogP contribution is 2.39. The number of aliphatic hydroxyl groups excluding tert-OH is 1. The normalized spacial score (nSPS) is 28.9. The summed E-state index contributed by atoms with van der Waals surface area (Å²) < 4.78 is 0. The average Bonchev–Trinajstić information content (AvgIpc) is 2.30. The van der Waals surface area contributed by atoms with Gasteiger partial charge in [0.15, 0.2) is 0 Å². The van der Waals surface area contributed by atoms with Crippen molar-refractivity contribution in [2.24, 2.45) is 11.3 Å². The zero-order valence-electron chi connectivity index (χ0n) is 13.6. The maximum absolute atomic E-state index is 9.09. The molecule has 0 atom stereocenters. The molecular weight excluding hydrogens is 236 g/mol. The van der Waals surface area contributed by atoms with Gasteiger partial charge in [-0.3, -0.25) is 0 Å². The van der Waals surface area contributed by atoms with E-state index >= 15 is 0 Å². The van der Waals surface area contributed by atoms with Gasteiger partial charge in [-0.1, -0.05) is 19.8 Å². The number of aliphatic hydroxyl groups is 1. The summed E-state index contributed by atoms with van der Waals surface area (Å²) >= 11 is 0. The zero-order chi connectivity index (χ0) is 14.5. The van der Waals surface area contributed by atoms with Crippen molar-refractivity contribution in [1.82, 2.24) is 10.2 Å². The summed E-state index contributed by atoms with van der Waals surface area (Å²) in [4.78, 5) is 2.29. The lowest BCUT2D eigenvalue weighted by atomic mass is 9.70. The highest BCUT2D eigenvalue weighted by atomic mass is 16.3. The standard InChI is InChI=1S/C16H34N2O/c1-14-6-8-16(9-7-14,12-17-15(2,3)4)13-18(5)10-11-19/h14,17,19H,6-13H2,1-5H3. The van der Waals surface area contributed by atoms with Gasteiger partial charge in [-0.15, -0.1) is 0 Å². The van der Waals surface area contributed by atoms with Gasteiger partial charge in [0.05, 0.1) is 6.61 Å². The van der Waals surface area contributed by atoms with Crippen molar-refractivity contribution in [2.45, 2.75) is 58.9 Å². The lowest BCUT2D eigenvalue weighted by Crippen LogP contribution is -2.50. The van der Waals surface area contributed by atoms with Crippen LogP contribution in [0.1, 0.15) is 53.4 Å². The first-order valence-electron chi connectivity index (χ1n) is 7.81. The molecule has 0 aromatic carbocycles. The smallest absolute Gasteiger partial charge is 0.0558 e. The van der Waals surface area contributed by atoms with Gasteiger partial charge in [-0.2, -0.15) is 0 Å². The first-order chi connectivity index (χ1) is 8.76. The SMILES string of the molecule is CC1CCC(CNC(C)(C)C)(CN(C)CCO)CC1. The molecule has 1 saturated carbocycles. The molecule has 0 aromatic heterocycles. The minimum absolute atomic E-state index is 0.186.